The maximum atomic E-state index is 12.4. The molecule has 0 bridgehead atoms. The number of nitro benzene ring substituents is 1. The average Bonchev–Trinajstić information content (AvgIpc) is 2.82. The van der Waals surface area contributed by atoms with Crippen LogP contribution < -0.4 is 9.50 Å². The number of carbonyl (C=O) groups excluding carboxylic acids is 2. The van der Waals surface area contributed by atoms with Gasteiger partial charge >= 0.3 is 16.1 Å². The lowest BCUT2D eigenvalue weighted by Crippen LogP contribution is -2.22. The molecule has 10 nitrogen and oxygen atoms in total. The molecule has 0 aliphatic carbocycles. The summed E-state index contributed by atoms with van der Waals surface area (Å²) in [5.41, 5.74) is 1.04. The molecule has 0 radical (unpaired) electrons. The summed E-state index contributed by atoms with van der Waals surface area (Å²) in [7, 11) is -3.01. The van der Waals surface area contributed by atoms with Crippen molar-refractivity contribution in [3.05, 3.63) is 99.6 Å². The average molecular weight is 470 g/mol. The van der Waals surface area contributed by atoms with Crippen molar-refractivity contribution >= 4 is 27.7 Å². The molecule has 1 N–H and O–H groups in total. The fourth-order valence-electron chi connectivity index (χ4n) is 2.75. The van der Waals surface area contributed by atoms with Gasteiger partial charge < -0.3 is 14.2 Å². The standard InChI is InChI=1S/C22H18N2O8S/c1-31-22(26)17-7-5-15(6-8-17)14-23-21(25)16-9-11-19(12-10-16)32-33(29,30)20-4-2-3-18(13-20)24(27)28/h2-13H,14H2,1H3,(H,23,25). The van der Waals surface area contributed by atoms with E-state index < -0.39 is 26.9 Å². The van der Waals surface area contributed by atoms with Gasteiger partial charge in [0, 0.05) is 24.2 Å². The number of esters is 1. The first kappa shape index (κ1) is 23.4. The zero-order chi connectivity index (χ0) is 24.0. The lowest BCUT2D eigenvalue weighted by atomic mass is 10.1. The Labute approximate surface area is 189 Å². The predicted molar refractivity (Wildman–Crippen MR) is 116 cm³/mol. The molecule has 0 aromatic heterocycles. The first-order valence-corrected chi connectivity index (χ1v) is 10.8. The highest BCUT2D eigenvalue weighted by Gasteiger charge is 2.20. The molecular formula is C22H18N2O8S. The minimum Gasteiger partial charge on any atom is -0.465 e. The maximum absolute atomic E-state index is 12.4. The highest BCUT2D eigenvalue weighted by molar-refractivity contribution is 7.87. The zero-order valence-electron chi connectivity index (χ0n) is 17.3. The number of methoxy groups -OCH3 is 1. The van der Waals surface area contributed by atoms with E-state index in [0.29, 0.717) is 5.56 Å². The van der Waals surface area contributed by atoms with Crippen molar-refractivity contribution in [2.75, 3.05) is 7.11 Å². The van der Waals surface area contributed by atoms with E-state index in [0.717, 1.165) is 11.6 Å². The van der Waals surface area contributed by atoms with Gasteiger partial charge in [-0.25, -0.2) is 4.79 Å². The third kappa shape index (κ3) is 5.92. The topological polar surface area (TPSA) is 142 Å². The molecule has 3 rings (SSSR count). The van der Waals surface area contributed by atoms with Crippen molar-refractivity contribution in [3.8, 4) is 5.75 Å². The summed E-state index contributed by atoms with van der Waals surface area (Å²) >= 11 is 0. The number of nitro groups is 1. The van der Waals surface area contributed by atoms with Crippen LogP contribution in [0.5, 0.6) is 5.75 Å². The fraction of sp³-hybridized carbons (Fsp3) is 0.0909. The number of hydrogen-bond acceptors (Lipinski definition) is 8. The van der Waals surface area contributed by atoms with Gasteiger partial charge in [0.2, 0.25) is 0 Å². The van der Waals surface area contributed by atoms with Gasteiger partial charge in [-0.3, -0.25) is 14.9 Å². The molecule has 0 aliphatic heterocycles. The Balaban J connectivity index is 1.62. The Morgan fingerprint density at radius 2 is 1.61 bits per heavy atom. The molecule has 11 heteroatoms. The van der Waals surface area contributed by atoms with E-state index in [9.17, 15) is 28.1 Å². The lowest BCUT2D eigenvalue weighted by molar-refractivity contribution is -0.385. The van der Waals surface area contributed by atoms with E-state index >= 15 is 0 Å². The van der Waals surface area contributed by atoms with Crippen molar-refractivity contribution in [3.63, 3.8) is 0 Å². The quantitative estimate of drug-likeness (QED) is 0.229. The normalized spacial score (nSPS) is 10.8. The fourth-order valence-corrected chi connectivity index (χ4v) is 3.72. The summed E-state index contributed by atoms with van der Waals surface area (Å²) in [5, 5.41) is 13.6. The monoisotopic (exact) mass is 470 g/mol. The molecule has 0 fully saturated rings. The van der Waals surface area contributed by atoms with E-state index in [1.54, 1.807) is 24.3 Å². The van der Waals surface area contributed by atoms with Crippen LogP contribution in [0.3, 0.4) is 0 Å². The van der Waals surface area contributed by atoms with Crippen LogP contribution in [0.4, 0.5) is 5.69 Å². The second-order valence-corrected chi connectivity index (χ2v) is 8.23. The van der Waals surface area contributed by atoms with Crippen LogP contribution in [0.1, 0.15) is 26.3 Å². The van der Waals surface area contributed by atoms with Gasteiger partial charge in [0.1, 0.15) is 10.6 Å². The van der Waals surface area contributed by atoms with Crippen LogP contribution in [0.15, 0.2) is 77.7 Å². The SMILES string of the molecule is COC(=O)c1ccc(CNC(=O)c2ccc(OS(=O)(=O)c3cccc([N+](=O)[O-])c3)cc2)cc1. The van der Waals surface area contributed by atoms with Crippen molar-refractivity contribution in [1.82, 2.24) is 5.32 Å². The molecule has 0 spiro atoms. The van der Waals surface area contributed by atoms with Gasteiger partial charge in [-0.1, -0.05) is 18.2 Å². The molecular weight excluding hydrogens is 452 g/mol. The third-order valence-corrected chi connectivity index (χ3v) is 5.71. The molecule has 1 amide bonds. The number of hydrogen-bond donors (Lipinski definition) is 1. The lowest BCUT2D eigenvalue weighted by Gasteiger charge is -2.09. The molecule has 3 aromatic rings. The number of benzene rings is 3. The van der Waals surface area contributed by atoms with Crippen LogP contribution in [0, 0.1) is 10.1 Å². The van der Waals surface area contributed by atoms with Gasteiger partial charge in [-0.15, -0.1) is 0 Å². The minimum absolute atomic E-state index is 0.0588. The summed E-state index contributed by atoms with van der Waals surface area (Å²) in [4.78, 5) is 33.6. The second-order valence-electron chi connectivity index (χ2n) is 6.69. The number of nitrogens with one attached hydrogen (secondary N) is 1. The van der Waals surface area contributed by atoms with E-state index in [4.69, 9.17) is 4.18 Å². The maximum Gasteiger partial charge on any atom is 0.339 e. The van der Waals surface area contributed by atoms with Crippen molar-refractivity contribution < 1.29 is 31.9 Å². The summed E-state index contributed by atoms with van der Waals surface area (Å²) in [6, 6.07) is 16.4. The van der Waals surface area contributed by atoms with Crippen molar-refractivity contribution in [1.29, 1.82) is 0 Å². The van der Waals surface area contributed by atoms with Crippen LogP contribution >= 0.6 is 0 Å². The van der Waals surface area contributed by atoms with Gasteiger partial charge in [0.05, 0.1) is 17.6 Å². The molecule has 0 heterocycles. The summed E-state index contributed by atoms with van der Waals surface area (Å²) in [6.07, 6.45) is 0. The molecule has 0 saturated carbocycles. The Kier molecular flexibility index (Phi) is 7.04. The largest absolute Gasteiger partial charge is 0.465 e. The molecule has 0 atom stereocenters. The van der Waals surface area contributed by atoms with Gasteiger partial charge in [-0.2, -0.15) is 8.42 Å². The number of amides is 1. The van der Waals surface area contributed by atoms with Gasteiger partial charge in [0.15, 0.2) is 0 Å². The number of carbonyl (C=O) groups is 2. The Morgan fingerprint density at radius 1 is 0.970 bits per heavy atom. The number of nitrogens with zero attached hydrogens (tertiary/aromatic N) is 1. The molecule has 170 valence electrons. The van der Waals surface area contributed by atoms with E-state index in [1.165, 1.54) is 49.6 Å². The van der Waals surface area contributed by atoms with Crippen molar-refractivity contribution in [2.45, 2.75) is 11.4 Å². The third-order valence-electron chi connectivity index (χ3n) is 4.47. The number of ether oxygens (including phenoxy) is 1. The highest BCUT2D eigenvalue weighted by Crippen LogP contribution is 2.22. The first-order valence-electron chi connectivity index (χ1n) is 9.44. The van der Waals surface area contributed by atoms with Crippen LogP contribution in [-0.4, -0.2) is 32.3 Å². The predicted octanol–water partition coefficient (Wildman–Crippen LogP) is 3.08. The zero-order valence-corrected chi connectivity index (χ0v) is 18.1. The van der Waals surface area contributed by atoms with Crippen LogP contribution in [0.25, 0.3) is 0 Å². The second kappa shape index (κ2) is 9.92. The van der Waals surface area contributed by atoms with Crippen LogP contribution in [-0.2, 0) is 21.4 Å². The smallest absolute Gasteiger partial charge is 0.339 e. The van der Waals surface area contributed by atoms with Gasteiger partial charge in [-0.05, 0) is 48.0 Å². The molecule has 0 unspecified atom stereocenters. The first-order chi connectivity index (χ1) is 15.7. The van der Waals surface area contributed by atoms with Gasteiger partial charge in [0.25, 0.3) is 11.6 Å². The molecule has 3 aromatic carbocycles. The Morgan fingerprint density at radius 3 is 2.21 bits per heavy atom. The number of non-ortho nitro benzene ring substituents is 1. The van der Waals surface area contributed by atoms with E-state index in [-0.39, 0.29) is 28.4 Å². The summed E-state index contributed by atoms with van der Waals surface area (Å²) in [5.74, 6) is -0.919. The molecule has 33 heavy (non-hydrogen) atoms. The highest BCUT2D eigenvalue weighted by atomic mass is 32.2. The van der Waals surface area contributed by atoms with E-state index in [1.807, 2.05) is 0 Å². The minimum atomic E-state index is -4.30. The van der Waals surface area contributed by atoms with E-state index in [2.05, 4.69) is 10.1 Å². The molecule has 0 saturated heterocycles. The summed E-state index contributed by atoms with van der Waals surface area (Å²) in [6.45, 7) is 0.208. The Hall–Kier alpha value is -4.25. The van der Waals surface area contributed by atoms with Crippen molar-refractivity contribution in [2.24, 2.45) is 0 Å². The Bertz CT molecular complexity index is 1290. The van der Waals surface area contributed by atoms with Crippen LogP contribution in [0.2, 0.25) is 0 Å². The summed E-state index contributed by atoms with van der Waals surface area (Å²) < 4.78 is 34.4. The molecule has 0 aliphatic rings. The number of rotatable bonds is 8.